The molecule has 1 rings (SSSR count). The van der Waals surface area contributed by atoms with Crippen LogP contribution in [0.15, 0.2) is 24.3 Å². The standard InChI is InChI=1S/C13H18O3S/c1-10-6-4-5-7-11(10)8-17(16)9-13(2,3)12(14)15/h4-7H,8-9H2,1-3H3,(H,14,15). The SMILES string of the molecule is Cc1ccccc1CS(=O)CC(C)(C)C(=O)O. The van der Waals surface area contributed by atoms with Crippen molar-refractivity contribution >= 4 is 16.8 Å². The number of carboxylic acids is 1. The van der Waals surface area contributed by atoms with Crippen LogP contribution < -0.4 is 0 Å². The average molecular weight is 254 g/mol. The highest BCUT2D eigenvalue weighted by Gasteiger charge is 2.29. The summed E-state index contributed by atoms with van der Waals surface area (Å²) in [5, 5.41) is 8.98. The van der Waals surface area contributed by atoms with Crippen molar-refractivity contribution in [3.05, 3.63) is 35.4 Å². The van der Waals surface area contributed by atoms with Gasteiger partial charge in [0.1, 0.15) is 0 Å². The summed E-state index contributed by atoms with van der Waals surface area (Å²) < 4.78 is 11.9. The van der Waals surface area contributed by atoms with Crippen LogP contribution in [0.2, 0.25) is 0 Å². The van der Waals surface area contributed by atoms with Gasteiger partial charge in [-0.25, -0.2) is 0 Å². The van der Waals surface area contributed by atoms with E-state index in [4.69, 9.17) is 5.11 Å². The first-order chi connectivity index (χ1) is 7.83. The number of hydrogen-bond donors (Lipinski definition) is 1. The summed E-state index contributed by atoms with van der Waals surface area (Å²) in [4.78, 5) is 10.9. The third-order valence-corrected chi connectivity index (χ3v) is 4.36. The fourth-order valence-electron chi connectivity index (χ4n) is 1.46. The predicted molar refractivity (Wildman–Crippen MR) is 69.3 cm³/mol. The van der Waals surface area contributed by atoms with E-state index in [1.807, 2.05) is 31.2 Å². The molecule has 0 saturated heterocycles. The molecule has 94 valence electrons. The van der Waals surface area contributed by atoms with E-state index >= 15 is 0 Å². The van der Waals surface area contributed by atoms with E-state index < -0.39 is 22.2 Å². The number of aryl methyl sites for hydroxylation is 1. The van der Waals surface area contributed by atoms with Crippen LogP contribution in [-0.2, 0) is 21.3 Å². The zero-order chi connectivity index (χ0) is 13.1. The maximum Gasteiger partial charge on any atom is 0.310 e. The zero-order valence-corrected chi connectivity index (χ0v) is 11.2. The smallest absolute Gasteiger partial charge is 0.310 e. The van der Waals surface area contributed by atoms with Crippen LogP contribution in [0.3, 0.4) is 0 Å². The van der Waals surface area contributed by atoms with Gasteiger partial charge in [-0.3, -0.25) is 9.00 Å². The van der Waals surface area contributed by atoms with Gasteiger partial charge in [0.25, 0.3) is 0 Å². The average Bonchev–Trinajstić information content (AvgIpc) is 2.20. The molecule has 0 heterocycles. The lowest BCUT2D eigenvalue weighted by molar-refractivity contribution is -0.145. The molecule has 0 amide bonds. The van der Waals surface area contributed by atoms with Crippen molar-refractivity contribution in [3.8, 4) is 0 Å². The van der Waals surface area contributed by atoms with Crippen molar-refractivity contribution in [2.45, 2.75) is 26.5 Å². The lowest BCUT2D eigenvalue weighted by Crippen LogP contribution is -2.30. The van der Waals surface area contributed by atoms with Crippen molar-refractivity contribution in [1.82, 2.24) is 0 Å². The monoisotopic (exact) mass is 254 g/mol. The van der Waals surface area contributed by atoms with E-state index in [2.05, 4.69) is 0 Å². The molecule has 1 aromatic carbocycles. The molecular formula is C13H18O3S. The van der Waals surface area contributed by atoms with Gasteiger partial charge in [0.05, 0.1) is 5.41 Å². The fraction of sp³-hybridized carbons (Fsp3) is 0.462. The van der Waals surface area contributed by atoms with Gasteiger partial charge >= 0.3 is 5.97 Å². The summed E-state index contributed by atoms with van der Waals surface area (Å²) in [6.45, 7) is 5.17. The van der Waals surface area contributed by atoms with Crippen molar-refractivity contribution in [2.75, 3.05) is 5.75 Å². The summed E-state index contributed by atoms with van der Waals surface area (Å²) in [5.74, 6) is -0.310. The number of rotatable bonds is 5. The van der Waals surface area contributed by atoms with Crippen LogP contribution in [-0.4, -0.2) is 21.0 Å². The van der Waals surface area contributed by atoms with E-state index in [1.165, 1.54) is 0 Å². The number of aliphatic carboxylic acids is 1. The largest absolute Gasteiger partial charge is 0.481 e. The molecule has 0 radical (unpaired) electrons. The van der Waals surface area contributed by atoms with Gasteiger partial charge in [-0.15, -0.1) is 0 Å². The highest BCUT2D eigenvalue weighted by atomic mass is 32.2. The Morgan fingerprint density at radius 1 is 1.35 bits per heavy atom. The van der Waals surface area contributed by atoms with Crippen molar-refractivity contribution in [1.29, 1.82) is 0 Å². The van der Waals surface area contributed by atoms with Crippen LogP contribution in [0.25, 0.3) is 0 Å². The van der Waals surface area contributed by atoms with E-state index in [0.717, 1.165) is 11.1 Å². The Morgan fingerprint density at radius 3 is 2.47 bits per heavy atom. The third-order valence-electron chi connectivity index (χ3n) is 2.68. The van der Waals surface area contributed by atoms with E-state index in [0.29, 0.717) is 5.75 Å². The van der Waals surface area contributed by atoms with Gasteiger partial charge in [-0.1, -0.05) is 24.3 Å². The van der Waals surface area contributed by atoms with Gasteiger partial charge in [0, 0.05) is 22.3 Å². The summed E-state index contributed by atoms with van der Waals surface area (Å²) in [7, 11) is -1.15. The van der Waals surface area contributed by atoms with Crippen LogP contribution in [0, 0.1) is 12.3 Å². The normalized spacial score (nSPS) is 13.4. The molecular weight excluding hydrogens is 236 g/mol. The number of hydrogen-bond acceptors (Lipinski definition) is 2. The molecule has 0 spiro atoms. The zero-order valence-electron chi connectivity index (χ0n) is 10.4. The van der Waals surface area contributed by atoms with Crippen LogP contribution >= 0.6 is 0 Å². The molecule has 0 aliphatic rings. The van der Waals surface area contributed by atoms with Gasteiger partial charge in [0.2, 0.25) is 0 Å². The van der Waals surface area contributed by atoms with Gasteiger partial charge < -0.3 is 5.11 Å². The van der Waals surface area contributed by atoms with E-state index in [1.54, 1.807) is 13.8 Å². The lowest BCUT2D eigenvalue weighted by atomic mass is 9.97. The molecule has 0 bridgehead atoms. The van der Waals surface area contributed by atoms with Crippen molar-refractivity contribution in [2.24, 2.45) is 5.41 Å². The molecule has 3 nitrogen and oxygen atoms in total. The molecule has 0 fully saturated rings. The predicted octanol–water partition coefficient (Wildman–Crippen LogP) is 2.35. The number of benzene rings is 1. The summed E-state index contributed by atoms with van der Waals surface area (Å²) in [5.41, 5.74) is 1.18. The Kier molecular flexibility index (Phi) is 4.46. The van der Waals surface area contributed by atoms with Crippen LogP contribution in [0.5, 0.6) is 0 Å². The molecule has 0 aliphatic carbocycles. The molecule has 4 heteroatoms. The van der Waals surface area contributed by atoms with Gasteiger partial charge in [0.15, 0.2) is 0 Å². The minimum absolute atomic E-state index is 0.177. The summed E-state index contributed by atoms with van der Waals surface area (Å²) in [6.07, 6.45) is 0. The third kappa shape index (κ3) is 3.97. The minimum atomic E-state index is -1.15. The Bertz CT molecular complexity index is 438. The molecule has 0 saturated carbocycles. The van der Waals surface area contributed by atoms with Crippen molar-refractivity contribution in [3.63, 3.8) is 0 Å². The molecule has 0 aromatic heterocycles. The van der Waals surface area contributed by atoms with Gasteiger partial charge in [-0.05, 0) is 31.9 Å². The summed E-state index contributed by atoms with van der Waals surface area (Å²) >= 11 is 0. The Labute approximate surface area is 104 Å². The highest BCUT2D eigenvalue weighted by molar-refractivity contribution is 7.84. The van der Waals surface area contributed by atoms with Crippen LogP contribution in [0.4, 0.5) is 0 Å². The van der Waals surface area contributed by atoms with Gasteiger partial charge in [-0.2, -0.15) is 0 Å². The van der Waals surface area contributed by atoms with E-state index in [-0.39, 0.29) is 5.75 Å². The maximum atomic E-state index is 11.9. The first-order valence-corrected chi connectivity index (χ1v) is 6.94. The fourth-order valence-corrected chi connectivity index (χ4v) is 3.16. The molecule has 1 unspecified atom stereocenters. The Balaban J connectivity index is 2.69. The molecule has 1 atom stereocenters. The topological polar surface area (TPSA) is 54.4 Å². The first-order valence-electron chi connectivity index (χ1n) is 5.46. The second-order valence-electron chi connectivity index (χ2n) is 4.84. The maximum absolute atomic E-state index is 11.9. The Hall–Kier alpha value is -1.16. The highest BCUT2D eigenvalue weighted by Crippen LogP contribution is 2.19. The first kappa shape index (κ1) is 13.9. The second kappa shape index (κ2) is 5.45. The minimum Gasteiger partial charge on any atom is -0.481 e. The molecule has 0 aliphatic heterocycles. The lowest BCUT2D eigenvalue weighted by Gasteiger charge is -2.18. The molecule has 1 aromatic rings. The van der Waals surface area contributed by atoms with Crippen LogP contribution in [0.1, 0.15) is 25.0 Å². The number of carbonyl (C=O) groups is 1. The summed E-state index contributed by atoms with van der Waals surface area (Å²) in [6, 6.07) is 7.74. The van der Waals surface area contributed by atoms with E-state index in [9.17, 15) is 9.00 Å². The Morgan fingerprint density at radius 2 is 1.94 bits per heavy atom. The second-order valence-corrected chi connectivity index (χ2v) is 6.30. The number of carboxylic acid groups (broad SMARTS) is 1. The molecule has 1 N–H and O–H groups in total. The quantitative estimate of drug-likeness (QED) is 0.877. The molecule has 17 heavy (non-hydrogen) atoms. The van der Waals surface area contributed by atoms with Crippen molar-refractivity contribution < 1.29 is 14.1 Å².